The summed E-state index contributed by atoms with van der Waals surface area (Å²) in [6.07, 6.45) is 3.28. The van der Waals surface area contributed by atoms with Crippen LogP contribution >= 0.6 is 0 Å². The summed E-state index contributed by atoms with van der Waals surface area (Å²) in [6.45, 7) is 1.44. The van der Waals surface area contributed by atoms with E-state index in [4.69, 9.17) is 4.74 Å². The van der Waals surface area contributed by atoms with Crippen LogP contribution in [0.25, 0.3) is 6.08 Å². The summed E-state index contributed by atoms with van der Waals surface area (Å²) in [6, 6.07) is 14.2. The average molecular weight is 295 g/mol. The minimum absolute atomic E-state index is 0.0924. The normalized spacial score (nSPS) is 10.5. The van der Waals surface area contributed by atoms with Gasteiger partial charge < -0.3 is 10.1 Å². The molecule has 1 N–H and O–H groups in total. The van der Waals surface area contributed by atoms with Crippen molar-refractivity contribution in [3.63, 3.8) is 0 Å². The predicted octanol–water partition coefficient (Wildman–Crippen LogP) is 3.55. The number of methoxy groups -OCH3 is 1. The lowest BCUT2D eigenvalue weighted by molar-refractivity contribution is -0.114. The Balaban J connectivity index is 2.04. The number of carbonyl (C=O) groups excluding carboxylic acids is 2. The number of hydrogen-bond donors (Lipinski definition) is 1. The molecule has 4 heteroatoms. The highest BCUT2D eigenvalue weighted by Gasteiger charge is 2.02. The van der Waals surface area contributed by atoms with Gasteiger partial charge in [-0.25, -0.2) is 0 Å². The maximum Gasteiger partial charge on any atom is 0.221 e. The minimum Gasteiger partial charge on any atom is -0.497 e. The Morgan fingerprint density at radius 2 is 1.64 bits per heavy atom. The van der Waals surface area contributed by atoms with E-state index in [0.29, 0.717) is 11.3 Å². The van der Waals surface area contributed by atoms with Crippen LogP contribution in [-0.2, 0) is 4.79 Å². The predicted molar refractivity (Wildman–Crippen MR) is 87.1 cm³/mol. The lowest BCUT2D eigenvalue weighted by atomic mass is 10.1. The van der Waals surface area contributed by atoms with Crippen molar-refractivity contribution in [3.8, 4) is 5.75 Å². The maximum atomic E-state index is 12.1. The summed E-state index contributed by atoms with van der Waals surface area (Å²) in [5.74, 6) is 0.542. The van der Waals surface area contributed by atoms with Gasteiger partial charge in [0.15, 0.2) is 5.78 Å². The van der Waals surface area contributed by atoms with E-state index < -0.39 is 0 Å². The summed E-state index contributed by atoms with van der Waals surface area (Å²) in [5.41, 5.74) is 2.16. The first-order chi connectivity index (χ1) is 10.6. The van der Waals surface area contributed by atoms with E-state index in [1.807, 2.05) is 24.3 Å². The summed E-state index contributed by atoms with van der Waals surface area (Å²) < 4.78 is 5.08. The van der Waals surface area contributed by atoms with E-state index in [1.165, 1.54) is 13.0 Å². The molecule has 112 valence electrons. The van der Waals surface area contributed by atoms with Gasteiger partial charge in [0.25, 0.3) is 0 Å². The monoisotopic (exact) mass is 295 g/mol. The molecule has 4 nitrogen and oxygen atoms in total. The Kier molecular flexibility index (Phi) is 5.09. The highest BCUT2D eigenvalue weighted by molar-refractivity contribution is 6.07. The number of carbonyl (C=O) groups is 2. The number of allylic oxidation sites excluding steroid dienone is 1. The van der Waals surface area contributed by atoms with Crippen LogP contribution in [0.5, 0.6) is 5.75 Å². The Morgan fingerprint density at radius 3 is 2.18 bits per heavy atom. The van der Waals surface area contributed by atoms with E-state index in [0.717, 1.165) is 11.3 Å². The number of amides is 1. The van der Waals surface area contributed by atoms with Crippen LogP contribution in [0.2, 0.25) is 0 Å². The highest BCUT2D eigenvalue weighted by atomic mass is 16.5. The molecule has 2 aromatic rings. The number of hydrogen-bond acceptors (Lipinski definition) is 3. The van der Waals surface area contributed by atoms with Crippen LogP contribution in [0.1, 0.15) is 22.8 Å². The van der Waals surface area contributed by atoms with E-state index in [2.05, 4.69) is 5.32 Å². The van der Waals surface area contributed by atoms with Crippen molar-refractivity contribution >= 4 is 23.5 Å². The van der Waals surface area contributed by atoms with Gasteiger partial charge in [-0.3, -0.25) is 9.59 Å². The second-order valence-corrected chi connectivity index (χ2v) is 4.73. The molecule has 0 aliphatic heterocycles. The fourth-order valence-corrected chi connectivity index (χ4v) is 1.90. The molecule has 0 bridgehead atoms. The van der Waals surface area contributed by atoms with Gasteiger partial charge in [-0.05, 0) is 48.0 Å². The SMILES string of the molecule is COc1ccc(/C=C\C(=O)c2ccc(NC(C)=O)cc2)cc1. The van der Waals surface area contributed by atoms with Gasteiger partial charge in [0.1, 0.15) is 5.75 Å². The molecule has 0 atom stereocenters. The maximum absolute atomic E-state index is 12.1. The molecule has 0 radical (unpaired) electrons. The van der Waals surface area contributed by atoms with E-state index in [-0.39, 0.29) is 11.7 Å². The molecule has 0 saturated heterocycles. The fourth-order valence-electron chi connectivity index (χ4n) is 1.90. The number of nitrogens with one attached hydrogen (secondary N) is 1. The third-order valence-electron chi connectivity index (χ3n) is 3.03. The zero-order valence-corrected chi connectivity index (χ0v) is 12.5. The minimum atomic E-state index is -0.140. The average Bonchev–Trinajstić information content (AvgIpc) is 2.53. The van der Waals surface area contributed by atoms with Gasteiger partial charge in [0.05, 0.1) is 7.11 Å². The first kappa shape index (κ1) is 15.5. The van der Waals surface area contributed by atoms with Crippen LogP contribution in [0.4, 0.5) is 5.69 Å². The fraction of sp³-hybridized carbons (Fsp3) is 0.111. The van der Waals surface area contributed by atoms with E-state index in [1.54, 1.807) is 37.5 Å². The molecule has 0 heterocycles. The molecule has 0 aromatic heterocycles. The van der Waals surface area contributed by atoms with Crippen molar-refractivity contribution in [1.29, 1.82) is 0 Å². The summed E-state index contributed by atoms with van der Waals surface area (Å²) in [5, 5.41) is 2.66. The second kappa shape index (κ2) is 7.22. The summed E-state index contributed by atoms with van der Waals surface area (Å²) in [7, 11) is 1.61. The van der Waals surface area contributed by atoms with Crippen LogP contribution in [0.3, 0.4) is 0 Å². The van der Waals surface area contributed by atoms with Gasteiger partial charge in [0, 0.05) is 18.2 Å². The highest BCUT2D eigenvalue weighted by Crippen LogP contribution is 2.14. The van der Waals surface area contributed by atoms with E-state index in [9.17, 15) is 9.59 Å². The van der Waals surface area contributed by atoms with Gasteiger partial charge in [0.2, 0.25) is 5.91 Å². The lowest BCUT2D eigenvalue weighted by Gasteiger charge is -2.02. The summed E-state index contributed by atoms with van der Waals surface area (Å²) in [4.78, 5) is 23.0. The van der Waals surface area contributed by atoms with Crippen molar-refractivity contribution in [1.82, 2.24) is 0 Å². The first-order valence-corrected chi connectivity index (χ1v) is 6.82. The quantitative estimate of drug-likeness (QED) is 0.678. The van der Waals surface area contributed by atoms with Crippen molar-refractivity contribution < 1.29 is 14.3 Å². The first-order valence-electron chi connectivity index (χ1n) is 6.82. The molecule has 0 unspecified atom stereocenters. The Bertz CT molecular complexity index is 685. The van der Waals surface area contributed by atoms with E-state index >= 15 is 0 Å². The number of benzene rings is 2. The topological polar surface area (TPSA) is 55.4 Å². The molecule has 2 aromatic carbocycles. The number of rotatable bonds is 5. The standard InChI is InChI=1S/C18H17NO3/c1-13(20)19-16-8-6-15(7-9-16)18(21)12-5-14-3-10-17(22-2)11-4-14/h3-12H,1-2H3,(H,19,20)/b12-5-. The van der Waals surface area contributed by atoms with Crippen molar-refractivity contribution in [2.45, 2.75) is 6.92 Å². The van der Waals surface area contributed by atoms with Crippen molar-refractivity contribution in [3.05, 3.63) is 65.7 Å². The molecule has 1 amide bonds. The Morgan fingerprint density at radius 1 is 1.00 bits per heavy atom. The van der Waals surface area contributed by atoms with Gasteiger partial charge >= 0.3 is 0 Å². The molecule has 0 aliphatic rings. The van der Waals surface area contributed by atoms with Crippen molar-refractivity contribution in [2.24, 2.45) is 0 Å². The molecular weight excluding hydrogens is 278 g/mol. The van der Waals surface area contributed by atoms with Gasteiger partial charge in [-0.1, -0.05) is 18.2 Å². The smallest absolute Gasteiger partial charge is 0.221 e. The van der Waals surface area contributed by atoms with Crippen LogP contribution in [0.15, 0.2) is 54.6 Å². The largest absolute Gasteiger partial charge is 0.497 e. The molecular formula is C18H17NO3. The molecule has 0 fully saturated rings. The Labute approximate surface area is 129 Å². The Hall–Kier alpha value is -2.88. The molecule has 22 heavy (non-hydrogen) atoms. The zero-order valence-electron chi connectivity index (χ0n) is 12.5. The third-order valence-corrected chi connectivity index (χ3v) is 3.03. The van der Waals surface area contributed by atoms with Crippen molar-refractivity contribution in [2.75, 3.05) is 12.4 Å². The van der Waals surface area contributed by atoms with Crippen LogP contribution < -0.4 is 10.1 Å². The van der Waals surface area contributed by atoms with Crippen LogP contribution in [0, 0.1) is 0 Å². The van der Waals surface area contributed by atoms with Crippen LogP contribution in [-0.4, -0.2) is 18.8 Å². The summed E-state index contributed by atoms with van der Waals surface area (Å²) >= 11 is 0. The number of ether oxygens (including phenoxy) is 1. The molecule has 0 aliphatic carbocycles. The van der Waals surface area contributed by atoms with Gasteiger partial charge in [-0.15, -0.1) is 0 Å². The molecule has 0 saturated carbocycles. The second-order valence-electron chi connectivity index (χ2n) is 4.73. The number of anilines is 1. The third kappa shape index (κ3) is 4.31. The molecule has 0 spiro atoms. The number of ketones is 1. The lowest BCUT2D eigenvalue weighted by Crippen LogP contribution is -2.05. The zero-order chi connectivity index (χ0) is 15.9. The molecule has 2 rings (SSSR count). The van der Waals surface area contributed by atoms with Gasteiger partial charge in [-0.2, -0.15) is 0 Å².